The number of amides is 1. The fraction of sp³-hybridized carbons (Fsp3) is 0.353. The zero-order chi connectivity index (χ0) is 14.5. The fourth-order valence-electron chi connectivity index (χ4n) is 2.69. The van der Waals surface area contributed by atoms with E-state index in [0.717, 1.165) is 31.8 Å². The smallest absolute Gasteiger partial charge is 0.221 e. The fourth-order valence-corrected chi connectivity index (χ4v) is 2.69. The molecular weight excluding hydrogens is 264 g/mol. The lowest BCUT2D eigenvalue weighted by molar-refractivity contribution is -0.121. The van der Waals surface area contributed by atoms with Gasteiger partial charge in [-0.05, 0) is 29.7 Å². The molecule has 4 heteroatoms. The molecule has 0 spiro atoms. The minimum atomic E-state index is 0.0743. The van der Waals surface area contributed by atoms with Crippen molar-refractivity contribution in [2.45, 2.75) is 25.9 Å². The Kier molecular flexibility index (Phi) is 4.36. The molecule has 3 rings (SSSR count). The van der Waals surface area contributed by atoms with Crippen LogP contribution in [0.15, 0.2) is 47.1 Å². The average molecular weight is 284 g/mol. The van der Waals surface area contributed by atoms with E-state index in [9.17, 15) is 4.79 Å². The Bertz CT molecular complexity index is 593. The van der Waals surface area contributed by atoms with Gasteiger partial charge in [0.1, 0.15) is 5.76 Å². The van der Waals surface area contributed by atoms with Crippen molar-refractivity contribution in [1.29, 1.82) is 0 Å². The van der Waals surface area contributed by atoms with Crippen molar-refractivity contribution in [3.05, 3.63) is 59.5 Å². The van der Waals surface area contributed by atoms with Gasteiger partial charge in [0.05, 0.1) is 12.8 Å². The number of fused-ring (bicyclic) bond motifs is 1. The van der Waals surface area contributed by atoms with E-state index in [-0.39, 0.29) is 5.91 Å². The minimum absolute atomic E-state index is 0.0743. The summed E-state index contributed by atoms with van der Waals surface area (Å²) in [5.74, 6) is 0.862. The Balaban J connectivity index is 1.42. The summed E-state index contributed by atoms with van der Waals surface area (Å²) in [6.07, 6.45) is 3.22. The third-order valence-electron chi connectivity index (χ3n) is 3.90. The predicted octanol–water partition coefficient (Wildman–Crippen LogP) is 2.34. The molecule has 0 bridgehead atoms. The first-order chi connectivity index (χ1) is 10.3. The van der Waals surface area contributed by atoms with Crippen molar-refractivity contribution >= 4 is 5.91 Å². The number of benzene rings is 1. The highest BCUT2D eigenvalue weighted by Gasteiger charge is 2.16. The van der Waals surface area contributed by atoms with E-state index in [2.05, 4.69) is 34.5 Å². The summed E-state index contributed by atoms with van der Waals surface area (Å²) in [4.78, 5) is 14.2. The van der Waals surface area contributed by atoms with Gasteiger partial charge in [-0.3, -0.25) is 9.69 Å². The maximum absolute atomic E-state index is 11.8. The Labute approximate surface area is 124 Å². The van der Waals surface area contributed by atoms with Crippen LogP contribution >= 0.6 is 0 Å². The van der Waals surface area contributed by atoms with Gasteiger partial charge < -0.3 is 9.73 Å². The first-order valence-electron chi connectivity index (χ1n) is 7.39. The predicted molar refractivity (Wildman–Crippen MR) is 80.6 cm³/mol. The van der Waals surface area contributed by atoms with Crippen LogP contribution < -0.4 is 5.32 Å². The molecule has 0 aliphatic carbocycles. The zero-order valence-electron chi connectivity index (χ0n) is 12.0. The number of hydrogen-bond donors (Lipinski definition) is 1. The standard InChI is InChI=1S/C17H20N2O2/c20-17(18-12-16-6-3-11-21-16)8-10-19-9-7-14-4-1-2-5-15(14)13-19/h1-6,11H,7-10,12-13H2,(H,18,20). The second-order valence-electron chi connectivity index (χ2n) is 5.40. The van der Waals surface area contributed by atoms with Crippen molar-refractivity contribution < 1.29 is 9.21 Å². The maximum atomic E-state index is 11.8. The molecule has 1 aliphatic rings. The summed E-state index contributed by atoms with van der Waals surface area (Å²) in [5, 5.41) is 2.88. The highest BCUT2D eigenvalue weighted by atomic mass is 16.3. The average Bonchev–Trinajstić information content (AvgIpc) is 3.04. The van der Waals surface area contributed by atoms with E-state index in [4.69, 9.17) is 4.42 Å². The van der Waals surface area contributed by atoms with Crippen LogP contribution in [0.1, 0.15) is 23.3 Å². The van der Waals surface area contributed by atoms with Gasteiger partial charge in [-0.2, -0.15) is 0 Å². The van der Waals surface area contributed by atoms with E-state index in [0.29, 0.717) is 13.0 Å². The molecule has 0 saturated carbocycles. The summed E-state index contributed by atoms with van der Waals surface area (Å²) in [6.45, 7) is 3.25. The summed E-state index contributed by atoms with van der Waals surface area (Å²) in [5.41, 5.74) is 2.83. The third kappa shape index (κ3) is 3.73. The number of hydrogen-bond acceptors (Lipinski definition) is 3. The molecule has 2 aromatic rings. The maximum Gasteiger partial charge on any atom is 0.221 e. The molecule has 0 atom stereocenters. The number of nitrogens with zero attached hydrogens (tertiary/aromatic N) is 1. The number of rotatable bonds is 5. The Morgan fingerprint density at radius 3 is 2.86 bits per heavy atom. The quantitative estimate of drug-likeness (QED) is 0.916. The first kappa shape index (κ1) is 13.9. The van der Waals surface area contributed by atoms with Crippen LogP contribution in [0.5, 0.6) is 0 Å². The lowest BCUT2D eigenvalue weighted by Crippen LogP contribution is -2.34. The highest BCUT2D eigenvalue weighted by Crippen LogP contribution is 2.18. The molecule has 0 saturated heterocycles. The molecule has 0 radical (unpaired) electrons. The summed E-state index contributed by atoms with van der Waals surface area (Å²) >= 11 is 0. The van der Waals surface area contributed by atoms with Gasteiger partial charge in [-0.25, -0.2) is 0 Å². The number of carbonyl (C=O) groups is 1. The summed E-state index contributed by atoms with van der Waals surface area (Å²) in [7, 11) is 0. The first-order valence-corrected chi connectivity index (χ1v) is 7.39. The van der Waals surface area contributed by atoms with E-state index >= 15 is 0 Å². The highest BCUT2D eigenvalue weighted by molar-refractivity contribution is 5.75. The topological polar surface area (TPSA) is 45.5 Å². The number of furan rings is 1. The molecule has 0 unspecified atom stereocenters. The largest absolute Gasteiger partial charge is 0.467 e. The number of nitrogens with one attached hydrogen (secondary N) is 1. The second-order valence-corrected chi connectivity index (χ2v) is 5.40. The van der Waals surface area contributed by atoms with Gasteiger partial charge in [-0.1, -0.05) is 24.3 Å². The van der Waals surface area contributed by atoms with E-state index < -0.39 is 0 Å². The molecular formula is C17H20N2O2. The van der Waals surface area contributed by atoms with Gasteiger partial charge in [0.25, 0.3) is 0 Å². The molecule has 1 aliphatic heterocycles. The molecule has 0 fully saturated rings. The van der Waals surface area contributed by atoms with E-state index in [1.54, 1.807) is 6.26 Å². The second kappa shape index (κ2) is 6.59. The molecule has 1 aromatic carbocycles. The van der Waals surface area contributed by atoms with Crippen molar-refractivity contribution in [2.24, 2.45) is 0 Å². The zero-order valence-corrected chi connectivity index (χ0v) is 12.0. The van der Waals surface area contributed by atoms with Crippen LogP contribution in [0, 0.1) is 0 Å². The SMILES string of the molecule is O=C(CCN1CCc2ccccc2C1)NCc1ccco1. The molecule has 1 N–H and O–H groups in total. The molecule has 4 nitrogen and oxygen atoms in total. The van der Waals surface area contributed by atoms with Gasteiger partial charge in [0.2, 0.25) is 5.91 Å². The van der Waals surface area contributed by atoms with Crippen molar-refractivity contribution in [3.8, 4) is 0 Å². The number of carbonyl (C=O) groups excluding carboxylic acids is 1. The lowest BCUT2D eigenvalue weighted by Gasteiger charge is -2.28. The Morgan fingerprint density at radius 2 is 2.05 bits per heavy atom. The molecule has 1 amide bonds. The normalized spacial score (nSPS) is 14.7. The minimum Gasteiger partial charge on any atom is -0.467 e. The van der Waals surface area contributed by atoms with Crippen LogP contribution in [0.2, 0.25) is 0 Å². The van der Waals surface area contributed by atoms with Gasteiger partial charge in [0.15, 0.2) is 0 Å². The summed E-state index contributed by atoms with van der Waals surface area (Å²) in [6, 6.07) is 12.2. The monoisotopic (exact) mass is 284 g/mol. The molecule has 2 heterocycles. The van der Waals surface area contributed by atoms with Gasteiger partial charge in [0, 0.05) is 26.1 Å². The van der Waals surface area contributed by atoms with Crippen molar-refractivity contribution in [1.82, 2.24) is 10.2 Å². The van der Waals surface area contributed by atoms with Crippen LogP contribution in [0.4, 0.5) is 0 Å². The van der Waals surface area contributed by atoms with Crippen LogP contribution in [0.25, 0.3) is 0 Å². The van der Waals surface area contributed by atoms with Gasteiger partial charge >= 0.3 is 0 Å². The molecule has 1 aromatic heterocycles. The Morgan fingerprint density at radius 1 is 1.19 bits per heavy atom. The summed E-state index contributed by atoms with van der Waals surface area (Å²) < 4.78 is 5.19. The molecule has 110 valence electrons. The Hall–Kier alpha value is -2.07. The van der Waals surface area contributed by atoms with Crippen LogP contribution in [0.3, 0.4) is 0 Å². The third-order valence-corrected chi connectivity index (χ3v) is 3.90. The van der Waals surface area contributed by atoms with Crippen LogP contribution in [-0.4, -0.2) is 23.9 Å². The van der Waals surface area contributed by atoms with E-state index in [1.807, 2.05) is 12.1 Å². The van der Waals surface area contributed by atoms with Gasteiger partial charge in [-0.15, -0.1) is 0 Å². The van der Waals surface area contributed by atoms with Crippen molar-refractivity contribution in [2.75, 3.05) is 13.1 Å². The molecule has 21 heavy (non-hydrogen) atoms. The van der Waals surface area contributed by atoms with Crippen LogP contribution in [-0.2, 0) is 24.3 Å². The van der Waals surface area contributed by atoms with E-state index in [1.165, 1.54) is 11.1 Å². The lowest BCUT2D eigenvalue weighted by atomic mass is 10.00. The van der Waals surface area contributed by atoms with Crippen molar-refractivity contribution in [3.63, 3.8) is 0 Å².